The molecule has 1 aromatic rings. The summed E-state index contributed by atoms with van der Waals surface area (Å²) < 4.78 is 0. The first-order valence-electron chi connectivity index (χ1n) is 5.82. The van der Waals surface area contributed by atoms with Crippen LogP contribution in [0, 0.1) is 5.92 Å². The van der Waals surface area contributed by atoms with Crippen molar-refractivity contribution < 1.29 is 0 Å². The largest absolute Gasteiger partial charge is 0.399 e. The van der Waals surface area contributed by atoms with Crippen LogP contribution in [0.1, 0.15) is 25.7 Å². The lowest BCUT2D eigenvalue weighted by Crippen LogP contribution is -2.23. The van der Waals surface area contributed by atoms with Crippen molar-refractivity contribution in [3.05, 3.63) is 24.3 Å². The van der Waals surface area contributed by atoms with Gasteiger partial charge >= 0.3 is 0 Å². The molecule has 1 aliphatic carbocycles. The number of anilines is 2. The minimum Gasteiger partial charge on any atom is -0.399 e. The predicted molar refractivity (Wildman–Crippen MR) is 66.1 cm³/mol. The molecule has 0 bridgehead atoms. The summed E-state index contributed by atoms with van der Waals surface area (Å²) in [4.78, 5) is 2.33. The van der Waals surface area contributed by atoms with E-state index in [0.29, 0.717) is 0 Å². The van der Waals surface area contributed by atoms with Crippen LogP contribution in [0.2, 0.25) is 0 Å². The van der Waals surface area contributed by atoms with Crippen LogP contribution in [0.25, 0.3) is 0 Å². The van der Waals surface area contributed by atoms with E-state index in [1.54, 1.807) is 0 Å². The quantitative estimate of drug-likeness (QED) is 0.767. The van der Waals surface area contributed by atoms with Crippen molar-refractivity contribution in [1.82, 2.24) is 0 Å². The second kappa shape index (κ2) is 4.56. The van der Waals surface area contributed by atoms with E-state index in [-0.39, 0.29) is 0 Å². The number of nitrogens with two attached hydrogens (primary N) is 1. The fraction of sp³-hybridized carbons (Fsp3) is 0.538. The average molecular weight is 204 g/mol. The Morgan fingerprint density at radius 2 is 2.07 bits per heavy atom. The molecule has 0 saturated heterocycles. The Morgan fingerprint density at radius 1 is 1.33 bits per heavy atom. The third-order valence-electron chi connectivity index (χ3n) is 3.32. The van der Waals surface area contributed by atoms with Gasteiger partial charge in [-0.1, -0.05) is 18.9 Å². The van der Waals surface area contributed by atoms with Gasteiger partial charge in [0.2, 0.25) is 0 Å². The Hall–Kier alpha value is -1.18. The number of hydrogen-bond acceptors (Lipinski definition) is 2. The molecule has 0 heterocycles. The molecular weight excluding hydrogens is 184 g/mol. The first-order chi connectivity index (χ1) is 7.25. The van der Waals surface area contributed by atoms with E-state index >= 15 is 0 Å². The van der Waals surface area contributed by atoms with Crippen LogP contribution in [-0.4, -0.2) is 13.6 Å². The summed E-state index contributed by atoms with van der Waals surface area (Å²) in [6, 6.07) is 8.14. The predicted octanol–water partition coefficient (Wildman–Crippen LogP) is 2.90. The molecule has 0 unspecified atom stereocenters. The zero-order valence-corrected chi connectivity index (χ0v) is 9.45. The van der Waals surface area contributed by atoms with E-state index < -0.39 is 0 Å². The summed E-state index contributed by atoms with van der Waals surface area (Å²) in [6.45, 7) is 1.17. The molecule has 2 N–H and O–H groups in total. The molecule has 2 nitrogen and oxygen atoms in total. The smallest absolute Gasteiger partial charge is 0.0384 e. The van der Waals surface area contributed by atoms with Gasteiger partial charge in [0.25, 0.3) is 0 Å². The molecule has 15 heavy (non-hydrogen) atoms. The molecule has 0 spiro atoms. The van der Waals surface area contributed by atoms with Crippen molar-refractivity contribution in [1.29, 1.82) is 0 Å². The van der Waals surface area contributed by atoms with Crippen molar-refractivity contribution in [2.24, 2.45) is 5.92 Å². The zero-order chi connectivity index (χ0) is 10.7. The topological polar surface area (TPSA) is 29.3 Å². The Morgan fingerprint density at radius 3 is 2.73 bits per heavy atom. The second-order valence-electron chi connectivity index (χ2n) is 4.63. The van der Waals surface area contributed by atoms with Crippen LogP contribution in [0.15, 0.2) is 24.3 Å². The van der Waals surface area contributed by atoms with Crippen molar-refractivity contribution >= 4 is 11.4 Å². The van der Waals surface area contributed by atoms with Gasteiger partial charge in [0.05, 0.1) is 0 Å². The lowest BCUT2D eigenvalue weighted by atomic mass is 10.1. The standard InChI is InChI=1S/C13H20N2/c1-15(10-11-5-2-3-6-11)13-8-4-7-12(14)9-13/h4,7-9,11H,2-3,5-6,10,14H2,1H3. The molecule has 0 amide bonds. The van der Waals surface area contributed by atoms with E-state index in [1.807, 2.05) is 12.1 Å². The van der Waals surface area contributed by atoms with Gasteiger partial charge in [-0.2, -0.15) is 0 Å². The van der Waals surface area contributed by atoms with Gasteiger partial charge in [0.1, 0.15) is 0 Å². The maximum absolute atomic E-state index is 5.78. The highest BCUT2D eigenvalue weighted by molar-refractivity contribution is 5.55. The SMILES string of the molecule is CN(CC1CCCC1)c1cccc(N)c1. The molecule has 2 rings (SSSR count). The summed E-state index contributed by atoms with van der Waals surface area (Å²) in [6.07, 6.45) is 5.62. The Balaban J connectivity index is 1.97. The number of nitrogen functional groups attached to an aromatic ring is 1. The Kier molecular flexibility index (Phi) is 3.14. The van der Waals surface area contributed by atoms with E-state index in [0.717, 1.165) is 11.6 Å². The van der Waals surface area contributed by atoms with Crippen molar-refractivity contribution in [2.45, 2.75) is 25.7 Å². The molecule has 0 radical (unpaired) electrons. The summed E-state index contributed by atoms with van der Waals surface area (Å²) in [5, 5.41) is 0. The third kappa shape index (κ3) is 2.65. The van der Waals surface area contributed by atoms with Gasteiger partial charge < -0.3 is 10.6 Å². The van der Waals surface area contributed by atoms with Crippen LogP contribution < -0.4 is 10.6 Å². The molecule has 82 valence electrons. The zero-order valence-electron chi connectivity index (χ0n) is 9.45. The number of rotatable bonds is 3. The molecule has 1 saturated carbocycles. The first-order valence-corrected chi connectivity index (χ1v) is 5.82. The maximum Gasteiger partial charge on any atom is 0.0384 e. The van der Waals surface area contributed by atoms with Gasteiger partial charge in [-0.15, -0.1) is 0 Å². The fourth-order valence-corrected chi connectivity index (χ4v) is 2.45. The van der Waals surface area contributed by atoms with Crippen LogP contribution in [0.5, 0.6) is 0 Å². The Bertz CT molecular complexity index is 316. The average Bonchev–Trinajstić information content (AvgIpc) is 2.70. The highest BCUT2D eigenvalue weighted by Gasteiger charge is 2.16. The number of benzene rings is 1. The molecule has 2 heteroatoms. The van der Waals surface area contributed by atoms with Gasteiger partial charge in [-0.05, 0) is 37.0 Å². The van der Waals surface area contributed by atoms with Gasteiger partial charge in [-0.3, -0.25) is 0 Å². The number of hydrogen-bond donors (Lipinski definition) is 1. The highest BCUT2D eigenvalue weighted by atomic mass is 15.1. The first kappa shape index (κ1) is 10.3. The molecule has 0 aliphatic heterocycles. The lowest BCUT2D eigenvalue weighted by Gasteiger charge is -2.23. The summed E-state index contributed by atoms with van der Waals surface area (Å²) in [5.74, 6) is 0.886. The van der Waals surface area contributed by atoms with Crippen molar-refractivity contribution in [3.8, 4) is 0 Å². The monoisotopic (exact) mass is 204 g/mol. The van der Waals surface area contributed by atoms with Gasteiger partial charge in [0, 0.05) is 25.0 Å². The Labute approximate surface area is 92.1 Å². The molecule has 0 aromatic heterocycles. The highest BCUT2D eigenvalue weighted by Crippen LogP contribution is 2.27. The molecular formula is C13H20N2. The van der Waals surface area contributed by atoms with Gasteiger partial charge in [0.15, 0.2) is 0 Å². The normalized spacial score (nSPS) is 16.9. The van der Waals surface area contributed by atoms with Crippen LogP contribution in [-0.2, 0) is 0 Å². The minimum atomic E-state index is 0.853. The van der Waals surface area contributed by atoms with E-state index in [4.69, 9.17) is 5.73 Å². The summed E-state index contributed by atoms with van der Waals surface area (Å²) >= 11 is 0. The van der Waals surface area contributed by atoms with Crippen LogP contribution >= 0.6 is 0 Å². The molecule has 1 aromatic carbocycles. The number of nitrogens with zero attached hydrogens (tertiary/aromatic N) is 1. The maximum atomic E-state index is 5.78. The van der Waals surface area contributed by atoms with Crippen LogP contribution in [0.3, 0.4) is 0 Å². The van der Waals surface area contributed by atoms with E-state index in [2.05, 4.69) is 24.1 Å². The minimum absolute atomic E-state index is 0.853. The molecule has 1 aliphatic rings. The van der Waals surface area contributed by atoms with E-state index in [1.165, 1.54) is 37.9 Å². The third-order valence-corrected chi connectivity index (χ3v) is 3.32. The van der Waals surface area contributed by atoms with Gasteiger partial charge in [-0.25, -0.2) is 0 Å². The lowest BCUT2D eigenvalue weighted by molar-refractivity contribution is 0.547. The molecule has 0 atom stereocenters. The summed E-state index contributed by atoms with van der Waals surface area (Å²) in [5.41, 5.74) is 7.87. The van der Waals surface area contributed by atoms with Crippen molar-refractivity contribution in [3.63, 3.8) is 0 Å². The van der Waals surface area contributed by atoms with E-state index in [9.17, 15) is 0 Å². The fourth-order valence-electron chi connectivity index (χ4n) is 2.45. The summed E-state index contributed by atoms with van der Waals surface area (Å²) in [7, 11) is 2.16. The van der Waals surface area contributed by atoms with Crippen molar-refractivity contribution in [2.75, 3.05) is 24.2 Å². The second-order valence-corrected chi connectivity index (χ2v) is 4.63. The molecule has 1 fully saturated rings. The van der Waals surface area contributed by atoms with Crippen LogP contribution in [0.4, 0.5) is 11.4 Å².